The van der Waals surface area contributed by atoms with Crippen molar-refractivity contribution in [3.63, 3.8) is 0 Å². The van der Waals surface area contributed by atoms with Crippen LogP contribution in [0.15, 0.2) is 24.3 Å². The number of fused-ring (bicyclic) bond motifs is 1. The van der Waals surface area contributed by atoms with Crippen LogP contribution in [-0.4, -0.2) is 10.6 Å². The van der Waals surface area contributed by atoms with Gasteiger partial charge >= 0.3 is 0 Å². The zero-order valence-corrected chi connectivity index (χ0v) is 11.5. The number of hydrogen-bond acceptors (Lipinski definition) is 1. The summed E-state index contributed by atoms with van der Waals surface area (Å²) in [6.45, 7) is 7.69. The maximum absolute atomic E-state index is 3.62. The van der Waals surface area contributed by atoms with Gasteiger partial charge in [0, 0.05) is 35.2 Å². The van der Waals surface area contributed by atoms with E-state index in [1.165, 1.54) is 35.0 Å². The van der Waals surface area contributed by atoms with Gasteiger partial charge < -0.3 is 9.88 Å². The van der Waals surface area contributed by atoms with Gasteiger partial charge in [0.15, 0.2) is 0 Å². The van der Waals surface area contributed by atoms with E-state index in [0.29, 0.717) is 6.04 Å². The van der Waals surface area contributed by atoms with Crippen molar-refractivity contribution in [3.05, 3.63) is 35.5 Å². The van der Waals surface area contributed by atoms with Gasteiger partial charge in [0.05, 0.1) is 0 Å². The molecule has 1 heterocycles. The van der Waals surface area contributed by atoms with Gasteiger partial charge in [0.1, 0.15) is 0 Å². The molecule has 1 aliphatic rings. The lowest BCUT2D eigenvalue weighted by Gasteiger charge is -2.15. The Labute approximate surface area is 109 Å². The predicted octanol–water partition coefficient (Wildman–Crippen LogP) is 3.78. The second kappa shape index (κ2) is 4.43. The van der Waals surface area contributed by atoms with Crippen molar-refractivity contribution in [1.29, 1.82) is 0 Å². The molecule has 96 valence electrons. The smallest absolute Gasteiger partial charge is 0.0485 e. The summed E-state index contributed by atoms with van der Waals surface area (Å²) >= 11 is 0. The van der Waals surface area contributed by atoms with E-state index in [1.54, 1.807) is 0 Å². The number of hydrogen-bond donors (Lipinski definition) is 1. The molecule has 0 spiro atoms. The SMILES string of the molecule is Cc1ccc2c(c1)cc(CNC1CC1)n2C(C)C. The van der Waals surface area contributed by atoms with Gasteiger partial charge in [-0.25, -0.2) is 0 Å². The molecule has 1 fully saturated rings. The highest BCUT2D eigenvalue weighted by Gasteiger charge is 2.21. The lowest BCUT2D eigenvalue weighted by molar-refractivity contribution is 0.565. The molecule has 0 radical (unpaired) electrons. The van der Waals surface area contributed by atoms with Crippen LogP contribution in [0.2, 0.25) is 0 Å². The molecule has 0 atom stereocenters. The third kappa shape index (κ3) is 2.17. The molecule has 0 aliphatic heterocycles. The summed E-state index contributed by atoms with van der Waals surface area (Å²) in [6, 6.07) is 10.4. The van der Waals surface area contributed by atoms with Crippen LogP contribution in [0.1, 0.15) is 44.0 Å². The molecule has 18 heavy (non-hydrogen) atoms. The minimum absolute atomic E-state index is 0.515. The summed E-state index contributed by atoms with van der Waals surface area (Å²) in [5, 5.41) is 4.99. The standard InChI is InChI=1S/C16H22N2/c1-11(2)18-15(10-17-14-5-6-14)9-13-8-12(3)4-7-16(13)18/h4,7-9,11,14,17H,5-6,10H2,1-3H3. The maximum atomic E-state index is 3.62. The molecule has 0 saturated heterocycles. The largest absolute Gasteiger partial charge is 0.341 e. The number of nitrogens with zero attached hydrogens (tertiary/aromatic N) is 1. The van der Waals surface area contributed by atoms with Gasteiger partial charge in [-0.3, -0.25) is 0 Å². The van der Waals surface area contributed by atoms with Crippen LogP contribution in [-0.2, 0) is 6.54 Å². The molecular weight excluding hydrogens is 220 g/mol. The summed E-state index contributed by atoms with van der Waals surface area (Å²) in [7, 11) is 0. The Kier molecular flexibility index (Phi) is 2.90. The van der Waals surface area contributed by atoms with Crippen LogP contribution >= 0.6 is 0 Å². The first-order valence-corrected chi connectivity index (χ1v) is 6.99. The molecule has 1 aliphatic carbocycles. The third-order valence-electron chi connectivity index (χ3n) is 3.74. The van der Waals surface area contributed by atoms with E-state index in [0.717, 1.165) is 12.6 Å². The Morgan fingerprint density at radius 3 is 2.72 bits per heavy atom. The van der Waals surface area contributed by atoms with E-state index in [4.69, 9.17) is 0 Å². The fraction of sp³-hybridized carbons (Fsp3) is 0.500. The predicted molar refractivity (Wildman–Crippen MR) is 76.9 cm³/mol. The van der Waals surface area contributed by atoms with Crippen molar-refractivity contribution >= 4 is 10.9 Å². The first-order chi connectivity index (χ1) is 8.65. The van der Waals surface area contributed by atoms with Gasteiger partial charge in [-0.05, 0) is 51.8 Å². The van der Waals surface area contributed by atoms with Gasteiger partial charge in [0.25, 0.3) is 0 Å². The van der Waals surface area contributed by atoms with Gasteiger partial charge in [-0.15, -0.1) is 0 Å². The Bertz CT molecular complexity index is 562. The molecule has 1 N–H and O–H groups in total. The Morgan fingerprint density at radius 1 is 1.28 bits per heavy atom. The van der Waals surface area contributed by atoms with E-state index in [1.807, 2.05) is 0 Å². The van der Waals surface area contributed by atoms with Crippen LogP contribution in [0.25, 0.3) is 10.9 Å². The van der Waals surface area contributed by atoms with Crippen molar-refractivity contribution in [2.75, 3.05) is 0 Å². The molecule has 1 saturated carbocycles. The minimum Gasteiger partial charge on any atom is -0.341 e. The summed E-state index contributed by atoms with van der Waals surface area (Å²) in [6.07, 6.45) is 2.70. The fourth-order valence-electron chi connectivity index (χ4n) is 2.70. The molecule has 2 nitrogen and oxygen atoms in total. The molecular formula is C16H22N2. The Balaban J connectivity index is 2.01. The van der Waals surface area contributed by atoms with Crippen molar-refractivity contribution in [2.24, 2.45) is 0 Å². The zero-order chi connectivity index (χ0) is 12.7. The summed E-state index contributed by atoms with van der Waals surface area (Å²) in [5.74, 6) is 0. The maximum Gasteiger partial charge on any atom is 0.0485 e. The Hall–Kier alpha value is -1.28. The van der Waals surface area contributed by atoms with E-state index in [2.05, 4.69) is 54.9 Å². The molecule has 0 amide bonds. The van der Waals surface area contributed by atoms with Crippen LogP contribution in [0, 0.1) is 6.92 Å². The van der Waals surface area contributed by atoms with E-state index in [-0.39, 0.29) is 0 Å². The highest BCUT2D eigenvalue weighted by Crippen LogP contribution is 2.26. The topological polar surface area (TPSA) is 17.0 Å². The minimum atomic E-state index is 0.515. The monoisotopic (exact) mass is 242 g/mol. The highest BCUT2D eigenvalue weighted by molar-refractivity contribution is 5.82. The first-order valence-electron chi connectivity index (χ1n) is 6.99. The highest BCUT2D eigenvalue weighted by atomic mass is 15.1. The van der Waals surface area contributed by atoms with E-state index in [9.17, 15) is 0 Å². The third-order valence-corrected chi connectivity index (χ3v) is 3.74. The van der Waals surface area contributed by atoms with Crippen molar-refractivity contribution < 1.29 is 0 Å². The van der Waals surface area contributed by atoms with Gasteiger partial charge in [-0.1, -0.05) is 11.6 Å². The summed E-state index contributed by atoms with van der Waals surface area (Å²) < 4.78 is 2.46. The second-order valence-electron chi connectivity index (χ2n) is 5.82. The summed E-state index contributed by atoms with van der Waals surface area (Å²) in [5.41, 5.74) is 4.12. The fourth-order valence-corrected chi connectivity index (χ4v) is 2.70. The molecule has 3 rings (SSSR count). The quantitative estimate of drug-likeness (QED) is 0.863. The lowest BCUT2D eigenvalue weighted by atomic mass is 10.2. The molecule has 2 heteroatoms. The number of nitrogens with one attached hydrogen (secondary N) is 1. The van der Waals surface area contributed by atoms with E-state index >= 15 is 0 Å². The molecule has 0 unspecified atom stereocenters. The number of aromatic nitrogens is 1. The zero-order valence-electron chi connectivity index (χ0n) is 11.5. The number of benzene rings is 1. The normalized spacial score (nSPS) is 15.8. The van der Waals surface area contributed by atoms with Crippen molar-refractivity contribution in [2.45, 2.75) is 52.2 Å². The van der Waals surface area contributed by atoms with E-state index < -0.39 is 0 Å². The van der Waals surface area contributed by atoms with Crippen molar-refractivity contribution in [1.82, 2.24) is 9.88 Å². The van der Waals surface area contributed by atoms with Gasteiger partial charge in [0.2, 0.25) is 0 Å². The number of rotatable bonds is 4. The van der Waals surface area contributed by atoms with Crippen LogP contribution < -0.4 is 5.32 Å². The van der Waals surface area contributed by atoms with Crippen molar-refractivity contribution in [3.8, 4) is 0 Å². The van der Waals surface area contributed by atoms with Crippen LogP contribution in [0.5, 0.6) is 0 Å². The number of aryl methyl sites for hydroxylation is 1. The molecule has 2 aromatic rings. The summed E-state index contributed by atoms with van der Waals surface area (Å²) in [4.78, 5) is 0. The molecule has 1 aromatic heterocycles. The molecule has 0 bridgehead atoms. The second-order valence-corrected chi connectivity index (χ2v) is 5.82. The average molecular weight is 242 g/mol. The lowest BCUT2D eigenvalue weighted by Crippen LogP contribution is -2.18. The Morgan fingerprint density at radius 2 is 2.06 bits per heavy atom. The average Bonchev–Trinajstić information content (AvgIpc) is 3.06. The van der Waals surface area contributed by atoms with Crippen LogP contribution in [0.4, 0.5) is 0 Å². The first kappa shape index (κ1) is 11.8. The molecule has 1 aromatic carbocycles. The van der Waals surface area contributed by atoms with Crippen LogP contribution in [0.3, 0.4) is 0 Å². The van der Waals surface area contributed by atoms with Gasteiger partial charge in [-0.2, -0.15) is 0 Å².